The topological polar surface area (TPSA) is 88.2 Å². The van der Waals surface area contributed by atoms with Crippen LogP contribution < -0.4 is 5.32 Å². The molecule has 2 N–H and O–H groups in total. The Kier molecular flexibility index (Phi) is 5.35. The van der Waals surface area contributed by atoms with Gasteiger partial charge < -0.3 is 14.8 Å². The van der Waals surface area contributed by atoms with Crippen molar-refractivity contribution in [1.29, 1.82) is 0 Å². The lowest BCUT2D eigenvalue weighted by atomic mass is 10.0. The monoisotopic (exact) mass is 343 g/mol. The number of nitrogens with zero attached hydrogens (tertiary/aromatic N) is 2. The standard InChI is InChI=1S/C17H17N3O3S/c21-10-12(8-13-4-1-2-6-18-13)9-19-17(22)15-16(23-11-20-15)14-5-3-7-24-14/h1-7,11-12,21H,8-10H2,(H,19,22). The molecule has 1 atom stereocenters. The normalized spacial score (nSPS) is 12.0. The van der Waals surface area contributed by atoms with Gasteiger partial charge >= 0.3 is 0 Å². The van der Waals surface area contributed by atoms with Crippen LogP contribution in [0.5, 0.6) is 0 Å². The van der Waals surface area contributed by atoms with Crippen LogP contribution in [0.4, 0.5) is 0 Å². The van der Waals surface area contributed by atoms with Gasteiger partial charge in [0.2, 0.25) is 0 Å². The van der Waals surface area contributed by atoms with E-state index in [2.05, 4.69) is 15.3 Å². The number of hydrogen-bond donors (Lipinski definition) is 2. The molecule has 0 aliphatic heterocycles. The van der Waals surface area contributed by atoms with Crippen LogP contribution in [0.1, 0.15) is 16.2 Å². The molecule has 1 unspecified atom stereocenters. The molecule has 0 bridgehead atoms. The van der Waals surface area contributed by atoms with Gasteiger partial charge in [-0.1, -0.05) is 12.1 Å². The minimum atomic E-state index is -0.313. The molecule has 0 spiro atoms. The molecule has 0 aromatic carbocycles. The van der Waals surface area contributed by atoms with Gasteiger partial charge in [0.15, 0.2) is 17.8 Å². The Labute approximate surface area is 143 Å². The maximum Gasteiger partial charge on any atom is 0.273 e. The second-order valence-corrected chi connectivity index (χ2v) is 6.24. The van der Waals surface area contributed by atoms with Crippen molar-refractivity contribution in [2.24, 2.45) is 5.92 Å². The van der Waals surface area contributed by atoms with Crippen molar-refractivity contribution in [3.63, 3.8) is 0 Å². The third kappa shape index (κ3) is 3.87. The van der Waals surface area contributed by atoms with E-state index in [4.69, 9.17) is 4.42 Å². The van der Waals surface area contributed by atoms with Gasteiger partial charge in [-0.25, -0.2) is 4.98 Å². The van der Waals surface area contributed by atoms with Gasteiger partial charge in [-0.15, -0.1) is 11.3 Å². The first-order valence-corrected chi connectivity index (χ1v) is 8.42. The van der Waals surface area contributed by atoms with Gasteiger partial charge in [0, 0.05) is 31.0 Å². The van der Waals surface area contributed by atoms with Gasteiger partial charge in [-0.3, -0.25) is 9.78 Å². The highest BCUT2D eigenvalue weighted by Crippen LogP contribution is 2.27. The minimum Gasteiger partial charge on any atom is -0.442 e. The van der Waals surface area contributed by atoms with Gasteiger partial charge in [-0.05, 0) is 30.0 Å². The number of pyridine rings is 1. The van der Waals surface area contributed by atoms with Crippen LogP contribution in [-0.2, 0) is 6.42 Å². The first kappa shape index (κ1) is 16.4. The first-order valence-electron chi connectivity index (χ1n) is 7.54. The fourth-order valence-electron chi connectivity index (χ4n) is 2.33. The summed E-state index contributed by atoms with van der Waals surface area (Å²) in [4.78, 5) is 21.5. The van der Waals surface area contributed by atoms with Crippen LogP contribution in [0, 0.1) is 5.92 Å². The maximum absolute atomic E-state index is 12.4. The predicted octanol–water partition coefficient (Wildman–Crippen LogP) is 2.38. The number of aliphatic hydroxyl groups excluding tert-OH is 1. The fraction of sp³-hybridized carbons (Fsp3) is 0.235. The van der Waals surface area contributed by atoms with E-state index in [-0.39, 0.29) is 24.1 Å². The third-order valence-electron chi connectivity index (χ3n) is 3.56. The van der Waals surface area contributed by atoms with Crippen LogP contribution >= 0.6 is 11.3 Å². The van der Waals surface area contributed by atoms with Crippen molar-refractivity contribution in [3.8, 4) is 10.6 Å². The van der Waals surface area contributed by atoms with Crippen molar-refractivity contribution in [1.82, 2.24) is 15.3 Å². The molecule has 3 rings (SSSR count). The molecular weight excluding hydrogens is 326 g/mol. The summed E-state index contributed by atoms with van der Waals surface area (Å²) in [5.74, 6) is 0.0420. The summed E-state index contributed by atoms with van der Waals surface area (Å²) in [6.45, 7) is 0.302. The van der Waals surface area contributed by atoms with E-state index in [1.807, 2.05) is 35.7 Å². The zero-order valence-corrected chi connectivity index (χ0v) is 13.7. The number of thiophene rings is 1. The number of amides is 1. The minimum absolute atomic E-state index is 0.0343. The molecule has 0 radical (unpaired) electrons. The molecule has 7 heteroatoms. The van der Waals surface area contributed by atoms with E-state index < -0.39 is 0 Å². The van der Waals surface area contributed by atoms with Crippen molar-refractivity contribution >= 4 is 17.2 Å². The number of rotatable bonds is 7. The number of aliphatic hydroxyl groups is 1. The number of nitrogens with one attached hydrogen (secondary N) is 1. The smallest absolute Gasteiger partial charge is 0.273 e. The quantitative estimate of drug-likeness (QED) is 0.688. The molecule has 0 aliphatic rings. The number of oxazole rings is 1. The number of hydrogen-bond acceptors (Lipinski definition) is 6. The molecule has 1 amide bonds. The molecule has 0 saturated heterocycles. The summed E-state index contributed by atoms with van der Waals surface area (Å²) in [7, 11) is 0. The van der Waals surface area contributed by atoms with Crippen LogP contribution in [0.3, 0.4) is 0 Å². The van der Waals surface area contributed by atoms with E-state index >= 15 is 0 Å². The maximum atomic E-state index is 12.4. The lowest BCUT2D eigenvalue weighted by Crippen LogP contribution is -2.32. The molecular formula is C17H17N3O3S. The van der Waals surface area contributed by atoms with E-state index in [1.54, 1.807) is 6.20 Å². The molecule has 3 aromatic heterocycles. The lowest BCUT2D eigenvalue weighted by Gasteiger charge is -2.14. The van der Waals surface area contributed by atoms with Gasteiger partial charge in [0.1, 0.15) is 0 Å². The summed E-state index contributed by atoms with van der Waals surface area (Å²) in [6, 6.07) is 9.41. The van der Waals surface area contributed by atoms with Crippen molar-refractivity contribution in [3.05, 3.63) is 59.7 Å². The second kappa shape index (κ2) is 7.85. The molecule has 3 heterocycles. The average molecular weight is 343 g/mol. The van der Waals surface area contributed by atoms with Crippen molar-refractivity contribution in [2.75, 3.05) is 13.2 Å². The third-order valence-corrected chi connectivity index (χ3v) is 4.43. The Hall–Kier alpha value is -2.51. The Morgan fingerprint density at radius 2 is 2.21 bits per heavy atom. The molecule has 6 nitrogen and oxygen atoms in total. The van der Waals surface area contributed by atoms with Crippen LogP contribution in [0.25, 0.3) is 10.6 Å². The zero-order chi connectivity index (χ0) is 16.8. The highest BCUT2D eigenvalue weighted by Gasteiger charge is 2.20. The van der Waals surface area contributed by atoms with Crippen LogP contribution in [0.2, 0.25) is 0 Å². The molecule has 124 valence electrons. The fourth-order valence-corrected chi connectivity index (χ4v) is 3.04. The SMILES string of the molecule is O=C(NCC(CO)Cc1ccccn1)c1ncoc1-c1cccs1. The van der Waals surface area contributed by atoms with Crippen molar-refractivity contribution < 1.29 is 14.3 Å². The Morgan fingerprint density at radius 1 is 1.29 bits per heavy atom. The number of carbonyl (C=O) groups is 1. The van der Waals surface area contributed by atoms with E-state index in [1.165, 1.54) is 17.7 Å². The van der Waals surface area contributed by atoms with Crippen LogP contribution in [0.15, 0.2) is 52.7 Å². The Balaban J connectivity index is 1.62. The highest BCUT2D eigenvalue weighted by atomic mass is 32.1. The van der Waals surface area contributed by atoms with E-state index in [9.17, 15) is 9.90 Å². The lowest BCUT2D eigenvalue weighted by molar-refractivity contribution is 0.0935. The largest absolute Gasteiger partial charge is 0.442 e. The van der Waals surface area contributed by atoms with Gasteiger partial charge in [0.25, 0.3) is 5.91 Å². The van der Waals surface area contributed by atoms with E-state index in [0.717, 1.165) is 10.6 Å². The van der Waals surface area contributed by atoms with Crippen LogP contribution in [-0.4, -0.2) is 34.1 Å². The highest BCUT2D eigenvalue weighted by molar-refractivity contribution is 7.13. The number of aromatic nitrogens is 2. The molecule has 24 heavy (non-hydrogen) atoms. The zero-order valence-electron chi connectivity index (χ0n) is 12.9. The summed E-state index contributed by atoms with van der Waals surface area (Å²) in [5.41, 5.74) is 1.14. The number of carbonyl (C=O) groups excluding carboxylic acids is 1. The van der Waals surface area contributed by atoms with Gasteiger partial charge in [-0.2, -0.15) is 0 Å². The second-order valence-electron chi connectivity index (χ2n) is 5.29. The Morgan fingerprint density at radius 3 is 2.92 bits per heavy atom. The Bertz CT molecular complexity index is 772. The molecule has 0 aliphatic carbocycles. The first-order chi connectivity index (χ1) is 11.8. The summed E-state index contributed by atoms with van der Waals surface area (Å²) < 4.78 is 5.34. The molecule has 0 fully saturated rings. The van der Waals surface area contributed by atoms with E-state index in [0.29, 0.717) is 18.7 Å². The predicted molar refractivity (Wildman–Crippen MR) is 90.7 cm³/mol. The summed E-state index contributed by atoms with van der Waals surface area (Å²) >= 11 is 1.48. The summed E-state index contributed by atoms with van der Waals surface area (Å²) in [5, 5.41) is 14.2. The summed E-state index contributed by atoms with van der Waals surface area (Å²) in [6.07, 6.45) is 3.57. The van der Waals surface area contributed by atoms with Crippen molar-refractivity contribution in [2.45, 2.75) is 6.42 Å². The average Bonchev–Trinajstić information content (AvgIpc) is 3.29. The molecule has 0 saturated carbocycles. The van der Waals surface area contributed by atoms with Gasteiger partial charge in [0.05, 0.1) is 4.88 Å². The molecule has 3 aromatic rings.